The summed E-state index contributed by atoms with van der Waals surface area (Å²) in [7, 11) is 0. The van der Waals surface area contributed by atoms with Crippen LogP contribution < -0.4 is 5.32 Å². The maximum Gasteiger partial charge on any atom is 0.302 e. The average molecular weight is 315 g/mol. The third kappa shape index (κ3) is 5.38. The Labute approximate surface area is 130 Å². The van der Waals surface area contributed by atoms with Gasteiger partial charge in [-0.1, -0.05) is 13.8 Å². The number of carbonyl (C=O) groups is 3. The Morgan fingerprint density at radius 2 is 1.91 bits per heavy atom. The van der Waals surface area contributed by atoms with E-state index in [-0.39, 0.29) is 55.5 Å². The third-order valence-corrected chi connectivity index (χ3v) is 3.92. The summed E-state index contributed by atoms with van der Waals surface area (Å²) in [6.07, 6.45) is 0.0323. The van der Waals surface area contributed by atoms with Gasteiger partial charge in [-0.15, -0.1) is 0 Å². The van der Waals surface area contributed by atoms with Gasteiger partial charge in [0, 0.05) is 20.3 Å². The van der Waals surface area contributed by atoms with Crippen molar-refractivity contribution in [2.45, 2.75) is 52.6 Å². The van der Waals surface area contributed by atoms with E-state index in [0.29, 0.717) is 0 Å². The fraction of sp³-hybridized carbons (Fsp3) is 0.800. The van der Waals surface area contributed by atoms with E-state index < -0.39 is 6.29 Å². The second-order valence-electron chi connectivity index (χ2n) is 5.62. The van der Waals surface area contributed by atoms with E-state index in [4.69, 9.17) is 14.2 Å². The van der Waals surface area contributed by atoms with Crippen molar-refractivity contribution in [3.8, 4) is 0 Å². The second kappa shape index (κ2) is 8.85. The maximum absolute atomic E-state index is 11.4. The number of aldehydes is 1. The average Bonchev–Trinajstić information content (AvgIpc) is 2.44. The van der Waals surface area contributed by atoms with E-state index in [0.717, 1.165) is 6.29 Å². The molecule has 1 aliphatic rings. The molecule has 1 fully saturated rings. The lowest BCUT2D eigenvalue weighted by Gasteiger charge is -2.44. The molecule has 0 aromatic carbocycles. The van der Waals surface area contributed by atoms with Crippen LogP contribution in [0.15, 0.2) is 0 Å². The van der Waals surface area contributed by atoms with Crippen LogP contribution in [0.5, 0.6) is 0 Å². The molecule has 0 aromatic heterocycles. The van der Waals surface area contributed by atoms with Gasteiger partial charge in [-0.25, -0.2) is 0 Å². The molecule has 0 aliphatic carbocycles. The van der Waals surface area contributed by atoms with E-state index in [1.54, 1.807) is 0 Å². The minimum Gasteiger partial charge on any atom is -0.463 e. The van der Waals surface area contributed by atoms with Crippen LogP contribution in [0.25, 0.3) is 0 Å². The van der Waals surface area contributed by atoms with Gasteiger partial charge in [-0.3, -0.25) is 9.59 Å². The zero-order chi connectivity index (χ0) is 16.7. The molecule has 1 unspecified atom stereocenters. The van der Waals surface area contributed by atoms with E-state index in [2.05, 4.69) is 5.32 Å². The number of ether oxygens (including phenoxy) is 3. The van der Waals surface area contributed by atoms with E-state index in [9.17, 15) is 14.4 Å². The van der Waals surface area contributed by atoms with E-state index >= 15 is 0 Å². The summed E-state index contributed by atoms with van der Waals surface area (Å²) in [5, 5.41) is 2.84. The van der Waals surface area contributed by atoms with Crippen molar-refractivity contribution in [1.29, 1.82) is 0 Å². The van der Waals surface area contributed by atoms with Gasteiger partial charge in [-0.2, -0.15) is 0 Å². The molecule has 126 valence electrons. The van der Waals surface area contributed by atoms with Crippen molar-refractivity contribution in [3.05, 3.63) is 0 Å². The molecule has 0 spiro atoms. The molecule has 1 saturated heterocycles. The summed E-state index contributed by atoms with van der Waals surface area (Å²) in [6, 6.07) is -0.312. The van der Waals surface area contributed by atoms with Crippen LogP contribution >= 0.6 is 0 Å². The molecule has 1 rings (SSSR count). The Morgan fingerprint density at radius 1 is 1.23 bits per heavy atom. The molecule has 0 radical (unpaired) electrons. The Hall–Kier alpha value is -1.47. The van der Waals surface area contributed by atoms with Gasteiger partial charge in [0.15, 0.2) is 6.29 Å². The first-order valence-corrected chi connectivity index (χ1v) is 7.48. The Kier molecular flexibility index (Phi) is 7.47. The lowest BCUT2D eigenvalue weighted by atomic mass is 9.82. The topological polar surface area (TPSA) is 90.9 Å². The van der Waals surface area contributed by atoms with E-state index in [1.807, 2.05) is 13.8 Å². The summed E-state index contributed by atoms with van der Waals surface area (Å²) in [6.45, 7) is 7.10. The first-order chi connectivity index (χ1) is 10.4. The minimum atomic E-state index is -0.671. The molecule has 1 N–H and O–H groups in total. The molecule has 0 aromatic rings. The highest BCUT2D eigenvalue weighted by Gasteiger charge is 2.42. The van der Waals surface area contributed by atoms with Crippen LogP contribution in [0.3, 0.4) is 0 Å². The highest BCUT2D eigenvalue weighted by atomic mass is 16.7. The fourth-order valence-electron chi connectivity index (χ4n) is 2.49. The normalized spacial score (nSPS) is 31.4. The zero-order valence-corrected chi connectivity index (χ0v) is 13.5. The van der Waals surface area contributed by atoms with E-state index in [1.165, 1.54) is 13.8 Å². The van der Waals surface area contributed by atoms with Gasteiger partial charge in [0.05, 0.1) is 18.8 Å². The summed E-state index contributed by atoms with van der Waals surface area (Å²) in [4.78, 5) is 32.8. The summed E-state index contributed by atoms with van der Waals surface area (Å²) < 4.78 is 16.5. The second-order valence-corrected chi connectivity index (χ2v) is 5.62. The number of carbonyl (C=O) groups excluding carboxylic acids is 3. The van der Waals surface area contributed by atoms with Crippen molar-refractivity contribution in [1.82, 2.24) is 5.32 Å². The zero-order valence-electron chi connectivity index (χ0n) is 13.5. The predicted octanol–water partition coefficient (Wildman–Crippen LogP) is 0.657. The molecule has 1 amide bonds. The Balaban J connectivity index is 2.77. The number of esters is 1. The monoisotopic (exact) mass is 315 g/mol. The van der Waals surface area contributed by atoms with Crippen LogP contribution in [0.1, 0.15) is 34.1 Å². The van der Waals surface area contributed by atoms with Crippen LogP contribution in [-0.4, -0.2) is 49.8 Å². The summed E-state index contributed by atoms with van der Waals surface area (Å²) >= 11 is 0. The van der Waals surface area contributed by atoms with Gasteiger partial charge in [0.1, 0.15) is 12.9 Å². The molecule has 1 aliphatic heterocycles. The smallest absolute Gasteiger partial charge is 0.302 e. The van der Waals surface area contributed by atoms with Gasteiger partial charge < -0.3 is 24.3 Å². The maximum atomic E-state index is 11.4. The Morgan fingerprint density at radius 3 is 2.45 bits per heavy atom. The lowest BCUT2D eigenvalue weighted by Crippen LogP contribution is -2.58. The number of nitrogens with one attached hydrogen (secondary N) is 1. The molecule has 0 bridgehead atoms. The highest BCUT2D eigenvalue weighted by molar-refractivity contribution is 5.73. The summed E-state index contributed by atoms with van der Waals surface area (Å²) in [5.41, 5.74) is 0. The molecule has 7 heteroatoms. The first kappa shape index (κ1) is 18.6. The Bertz CT molecular complexity index is 397. The van der Waals surface area contributed by atoms with Crippen molar-refractivity contribution in [3.63, 3.8) is 0 Å². The first-order valence-electron chi connectivity index (χ1n) is 7.48. The lowest BCUT2D eigenvalue weighted by molar-refractivity contribution is -0.243. The number of amides is 1. The number of hydrogen-bond acceptors (Lipinski definition) is 6. The van der Waals surface area contributed by atoms with Gasteiger partial charge >= 0.3 is 5.97 Å². The SMILES string of the molecule is CC(=O)N[C@H]1C(OCCC=O)O[C@H](COC(C)=O)[C@H](C)[C@@H]1C. The van der Waals surface area contributed by atoms with Crippen LogP contribution in [-0.2, 0) is 28.6 Å². The third-order valence-electron chi connectivity index (χ3n) is 3.92. The van der Waals surface area contributed by atoms with Gasteiger partial charge in [0.25, 0.3) is 0 Å². The van der Waals surface area contributed by atoms with Crippen LogP contribution in [0, 0.1) is 11.8 Å². The predicted molar refractivity (Wildman–Crippen MR) is 77.9 cm³/mol. The van der Waals surface area contributed by atoms with Crippen LogP contribution in [0.2, 0.25) is 0 Å². The summed E-state index contributed by atoms with van der Waals surface area (Å²) in [5.74, 6) is -0.400. The molecule has 22 heavy (non-hydrogen) atoms. The molecular formula is C15H25NO6. The molecular weight excluding hydrogens is 290 g/mol. The molecule has 1 heterocycles. The minimum absolute atomic E-state index is 0.0689. The molecule has 5 atom stereocenters. The number of rotatable bonds is 7. The molecule has 0 saturated carbocycles. The van der Waals surface area contributed by atoms with Crippen molar-refractivity contribution in [2.75, 3.05) is 13.2 Å². The van der Waals surface area contributed by atoms with Crippen molar-refractivity contribution in [2.24, 2.45) is 11.8 Å². The molecule has 7 nitrogen and oxygen atoms in total. The van der Waals surface area contributed by atoms with Crippen molar-refractivity contribution >= 4 is 18.2 Å². The van der Waals surface area contributed by atoms with Crippen molar-refractivity contribution < 1.29 is 28.6 Å². The van der Waals surface area contributed by atoms with Gasteiger partial charge in [0.2, 0.25) is 5.91 Å². The quantitative estimate of drug-likeness (QED) is 0.421. The standard InChI is InChI=1S/C15H25NO6/c1-9-10(2)14(16-11(3)18)15(20-7-5-6-17)22-13(9)8-21-12(4)19/h6,9-10,13-15H,5,7-8H2,1-4H3,(H,16,18)/t9-,10+,13-,14-,15?/m1/s1. The number of hydrogen-bond donors (Lipinski definition) is 1. The highest BCUT2D eigenvalue weighted by Crippen LogP contribution is 2.31. The van der Waals surface area contributed by atoms with Gasteiger partial charge in [-0.05, 0) is 11.8 Å². The largest absolute Gasteiger partial charge is 0.463 e. The fourth-order valence-corrected chi connectivity index (χ4v) is 2.49. The van der Waals surface area contributed by atoms with Crippen LogP contribution in [0.4, 0.5) is 0 Å².